The van der Waals surface area contributed by atoms with Crippen molar-refractivity contribution in [2.75, 3.05) is 0 Å². The highest BCUT2D eigenvalue weighted by Gasteiger charge is 1.78. The van der Waals surface area contributed by atoms with Gasteiger partial charge >= 0.3 is 0 Å². The van der Waals surface area contributed by atoms with Crippen LogP contribution < -0.4 is 0 Å². The predicted molar refractivity (Wildman–Crippen MR) is 28.2 cm³/mol. The first kappa shape index (κ1) is 4.95. The summed E-state index contributed by atoms with van der Waals surface area (Å²) in [6.45, 7) is 1.81. The number of thiocarbonyl (C=S) groups is 1. The number of rotatable bonds is 1. The smallest absolute Gasteiger partial charge is 0.215 e. The number of aliphatic hydroxyl groups excluding tert-OH is 1. The minimum absolute atomic E-state index is 0.0880. The van der Waals surface area contributed by atoms with E-state index in [0.717, 1.165) is 0 Å². The molecule has 0 aromatic rings. The molecule has 0 bridgehead atoms. The zero-order valence-corrected chi connectivity index (χ0v) is 3.88. The molecule has 0 aliphatic heterocycles. The van der Waals surface area contributed by atoms with E-state index in [9.17, 15) is 0 Å². The van der Waals surface area contributed by atoms with E-state index in [0.29, 0.717) is 7.28 Å². The molecular formula is C2H5BOS. The van der Waals surface area contributed by atoms with E-state index in [-0.39, 0.29) is 4.95 Å². The van der Waals surface area contributed by atoms with Crippen LogP contribution in [0, 0.1) is 0 Å². The minimum atomic E-state index is 0.0880. The Bertz CT molecular complexity index is 44.9. The van der Waals surface area contributed by atoms with Crippen LogP contribution in [-0.2, 0) is 0 Å². The van der Waals surface area contributed by atoms with Gasteiger partial charge in [0.05, 0.1) is 0 Å². The van der Waals surface area contributed by atoms with Crippen LogP contribution in [0.5, 0.6) is 0 Å². The molecule has 0 atom stereocenters. The van der Waals surface area contributed by atoms with Gasteiger partial charge in [-0.1, -0.05) is 19.0 Å². The van der Waals surface area contributed by atoms with Crippen LogP contribution in [0.2, 0.25) is 6.82 Å². The summed E-state index contributed by atoms with van der Waals surface area (Å²) in [7, 11) is 0.593. The van der Waals surface area contributed by atoms with E-state index in [1.165, 1.54) is 0 Å². The molecule has 0 spiro atoms. The van der Waals surface area contributed by atoms with Gasteiger partial charge in [0.15, 0.2) is 0 Å². The van der Waals surface area contributed by atoms with E-state index in [1.54, 1.807) is 0 Å². The van der Waals surface area contributed by atoms with Crippen molar-refractivity contribution in [2.24, 2.45) is 0 Å². The maximum absolute atomic E-state index is 8.09. The van der Waals surface area contributed by atoms with Crippen LogP contribution in [0.25, 0.3) is 0 Å². The summed E-state index contributed by atoms with van der Waals surface area (Å²) in [4.78, 5) is 0.0880. The molecule has 0 aliphatic carbocycles. The standard InChI is InChI=1S/C2H5BOS/c1-3-2(4)5/h3H,1H3,(H,4,5). The van der Waals surface area contributed by atoms with Gasteiger partial charge in [-0.2, -0.15) is 0 Å². The second-order valence-electron chi connectivity index (χ2n) is 0.747. The summed E-state index contributed by atoms with van der Waals surface area (Å²) in [6.07, 6.45) is 0. The van der Waals surface area contributed by atoms with Crippen molar-refractivity contribution >= 4 is 24.4 Å². The molecule has 28 valence electrons. The van der Waals surface area contributed by atoms with Gasteiger partial charge in [-0.15, -0.1) is 0 Å². The Morgan fingerprint density at radius 1 is 2.00 bits per heavy atom. The third-order valence-corrected chi connectivity index (χ3v) is 0.591. The van der Waals surface area contributed by atoms with Crippen molar-refractivity contribution in [3.05, 3.63) is 0 Å². The lowest BCUT2D eigenvalue weighted by Gasteiger charge is -1.74. The molecular weight excluding hydrogens is 82.9 g/mol. The highest BCUT2D eigenvalue weighted by atomic mass is 32.1. The monoisotopic (exact) mass is 88.0 g/mol. The molecule has 0 aromatic carbocycles. The summed E-state index contributed by atoms with van der Waals surface area (Å²) in [5.74, 6) is 0. The van der Waals surface area contributed by atoms with Gasteiger partial charge in [0.25, 0.3) is 0 Å². The topological polar surface area (TPSA) is 20.2 Å². The molecule has 0 rings (SSSR count). The Labute approximate surface area is 37.2 Å². The summed E-state index contributed by atoms with van der Waals surface area (Å²) >= 11 is 4.25. The lowest BCUT2D eigenvalue weighted by Crippen LogP contribution is -1.96. The molecule has 0 unspecified atom stereocenters. The highest BCUT2D eigenvalue weighted by molar-refractivity contribution is 7.82. The van der Waals surface area contributed by atoms with Gasteiger partial charge in [-0.05, 0) is 0 Å². The van der Waals surface area contributed by atoms with Crippen LogP contribution in [0.1, 0.15) is 0 Å². The second kappa shape index (κ2) is 2.21. The van der Waals surface area contributed by atoms with Crippen molar-refractivity contribution in [3.8, 4) is 0 Å². The van der Waals surface area contributed by atoms with E-state index in [1.807, 2.05) is 6.82 Å². The second-order valence-corrected chi connectivity index (χ2v) is 1.22. The molecule has 0 heterocycles. The minimum Gasteiger partial charge on any atom is -0.512 e. The fourth-order valence-electron chi connectivity index (χ4n) is 0. The zero-order valence-electron chi connectivity index (χ0n) is 3.06. The average molecular weight is 87.9 g/mol. The summed E-state index contributed by atoms with van der Waals surface area (Å²) in [6, 6.07) is 0. The summed E-state index contributed by atoms with van der Waals surface area (Å²) in [5, 5.41) is 8.09. The lowest BCUT2D eigenvalue weighted by atomic mass is 9.85. The fourth-order valence-corrected chi connectivity index (χ4v) is 0. The predicted octanol–water partition coefficient (Wildman–Crippen LogP) is 0.314. The third kappa shape index (κ3) is 3.95. The van der Waals surface area contributed by atoms with Crippen molar-refractivity contribution in [2.45, 2.75) is 6.82 Å². The van der Waals surface area contributed by atoms with Gasteiger partial charge in [0, 0.05) is 0 Å². The molecule has 0 fully saturated rings. The van der Waals surface area contributed by atoms with Crippen LogP contribution >= 0.6 is 12.2 Å². The first-order valence-corrected chi connectivity index (χ1v) is 1.90. The van der Waals surface area contributed by atoms with E-state index < -0.39 is 0 Å². The van der Waals surface area contributed by atoms with Crippen LogP contribution in [0.4, 0.5) is 0 Å². The fraction of sp³-hybridized carbons (Fsp3) is 0.500. The van der Waals surface area contributed by atoms with Crippen molar-refractivity contribution in [3.63, 3.8) is 0 Å². The van der Waals surface area contributed by atoms with E-state index in [4.69, 9.17) is 5.11 Å². The average Bonchev–Trinajstić information content (AvgIpc) is 1.38. The quantitative estimate of drug-likeness (QED) is 0.367. The maximum atomic E-state index is 8.09. The van der Waals surface area contributed by atoms with Crippen molar-refractivity contribution in [1.29, 1.82) is 0 Å². The van der Waals surface area contributed by atoms with Crippen LogP contribution in [0.3, 0.4) is 0 Å². The lowest BCUT2D eigenvalue weighted by molar-refractivity contribution is 0.582. The van der Waals surface area contributed by atoms with Crippen molar-refractivity contribution < 1.29 is 5.11 Å². The zero-order chi connectivity index (χ0) is 4.28. The molecule has 3 heteroatoms. The molecule has 0 aromatic heterocycles. The maximum Gasteiger partial charge on any atom is 0.215 e. The normalized spacial score (nSPS) is 6.60. The molecule has 1 N–H and O–H groups in total. The Morgan fingerprint density at radius 3 is 2.20 bits per heavy atom. The molecule has 1 nitrogen and oxygen atoms in total. The SMILES string of the molecule is CBC(O)=S. The van der Waals surface area contributed by atoms with Gasteiger partial charge < -0.3 is 5.11 Å². The third-order valence-electron chi connectivity index (χ3n) is 0.302. The molecule has 0 amide bonds. The van der Waals surface area contributed by atoms with Gasteiger partial charge in [-0.3, -0.25) is 0 Å². The van der Waals surface area contributed by atoms with E-state index in [2.05, 4.69) is 12.2 Å². The molecule has 0 saturated heterocycles. The van der Waals surface area contributed by atoms with Crippen molar-refractivity contribution in [1.82, 2.24) is 0 Å². The molecule has 5 heavy (non-hydrogen) atoms. The molecule has 0 saturated carbocycles. The Kier molecular flexibility index (Phi) is 2.19. The van der Waals surface area contributed by atoms with Gasteiger partial charge in [-0.25, -0.2) is 0 Å². The number of hydrogen-bond donors (Lipinski definition) is 1. The summed E-state index contributed by atoms with van der Waals surface area (Å²) < 4.78 is 0. The molecule has 0 radical (unpaired) electrons. The molecule has 0 aliphatic rings. The van der Waals surface area contributed by atoms with Crippen LogP contribution in [0.15, 0.2) is 0 Å². The largest absolute Gasteiger partial charge is 0.512 e. The van der Waals surface area contributed by atoms with E-state index >= 15 is 0 Å². The highest BCUT2D eigenvalue weighted by Crippen LogP contribution is 1.59. The summed E-state index contributed by atoms with van der Waals surface area (Å²) in [5.41, 5.74) is 0. The number of hydrogen-bond acceptors (Lipinski definition) is 1. The number of aliphatic hydroxyl groups is 1. The van der Waals surface area contributed by atoms with Gasteiger partial charge in [0.1, 0.15) is 4.95 Å². The first-order valence-electron chi connectivity index (χ1n) is 1.49. The van der Waals surface area contributed by atoms with Gasteiger partial charge in [0.2, 0.25) is 7.28 Å². The first-order chi connectivity index (χ1) is 2.27. The Morgan fingerprint density at radius 2 is 2.20 bits per heavy atom. The Hall–Kier alpha value is -0.0451. The van der Waals surface area contributed by atoms with Crippen LogP contribution in [-0.4, -0.2) is 17.3 Å². The Balaban J connectivity index is 2.85.